The van der Waals surface area contributed by atoms with Crippen molar-refractivity contribution in [2.45, 2.75) is 32.6 Å². The lowest BCUT2D eigenvalue weighted by Gasteiger charge is -2.28. The number of phenols is 1. The average Bonchev–Trinajstić information content (AvgIpc) is 2.38. The second-order valence-corrected chi connectivity index (χ2v) is 5.28. The molecule has 3 heteroatoms. The third-order valence-corrected chi connectivity index (χ3v) is 3.94. The molecule has 18 heavy (non-hydrogen) atoms. The van der Waals surface area contributed by atoms with Crippen LogP contribution in [0, 0.1) is 11.8 Å². The maximum atomic E-state index is 11.9. The van der Waals surface area contributed by atoms with Crippen molar-refractivity contribution in [3.63, 3.8) is 0 Å². The van der Waals surface area contributed by atoms with E-state index in [-0.39, 0.29) is 11.7 Å². The topological polar surface area (TPSA) is 49.3 Å². The van der Waals surface area contributed by atoms with E-state index in [0.717, 1.165) is 6.54 Å². The van der Waals surface area contributed by atoms with E-state index in [0.29, 0.717) is 17.4 Å². The second-order valence-electron chi connectivity index (χ2n) is 5.28. The van der Waals surface area contributed by atoms with Crippen LogP contribution in [0.25, 0.3) is 0 Å². The number of amides is 1. The molecule has 1 aromatic carbocycles. The Labute approximate surface area is 108 Å². The first-order valence-electron chi connectivity index (χ1n) is 6.74. The summed E-state index contributed by atoms with van der Waals surface area (Å²) >= 11 is 0. The minimum Gasteiger partial charge on any atom is -0.508 e. The van der Waals surface area contributed by atoms with Gasteiger partial charge in [0.1, 0.15) is 5.75 Å². The number of nitrogens with one attached hydrogen (secondary N) is 1. The minimum atomic E-state index is -0.0484. The summed E-state index contributed by atoms with van der Waals surface area (Å²) in [5, 5.41) is 12.2. The van der Waals surface area contributed by atoms with E-state index in [1.54, 1.807) is 12.1 Å². The van der Waals surface area contributed by atoms with E-state index in [2.05, 4.69) is 12.2 Å². The van der Waals surface area contributed by atoms with Crippen LogP contribution >= 0.6 is 0 Å². The van der Waals surface area contributed by atoms with Crippen molar-refractivity contribution in [2.75, 3.05) is 6.54 Å². The van der Waals surface area contributed by atoms with E-state index in [1.165, 1.54) is 37.8 Å². The first-order valence-corrected chi connectivity index (χ1v) is 6.74. The zero-order valence-corrected chi connectivity index (χ0v) is 10.9. The molecule has 1 amide bonds. The van der Waals surface area contributed by atoms with Crippen LogP contribution < -0.4 is 5.32 Å². The SMILES string of the molecule is CC1CCCCC1CNC(=O)c1ccc(O)cc1. The third-order valence-electron chi connectivity index (χ3n) is 3.94. The molecule has 2 atom stereocenters. The molecule has 1 fully saturated rings. The Hall–Kier alpha value is -1.51. The van der Waals surface area contributed by atoms with Crippen molar-refractivity contribution in [2.24, 2.45) is 11.8 Å². The van der Waals surface area contributed by atoms with Crippen molar-refractivity contribution in [1.82, 2.24) is 5.32 Å². The number of hydrogen-bond acceptors (Lipinski definition) is 2. The van der Waals surface area contributed by atoms with Gasteiger partial charge in [-0.15, -0.1) is 0 Å². The molecular formula is C15H21NO2. The Morgan fingerprint density at radius 2 is 1.94 bits per heavy atom. The second kappa shape index (κ2) is 5.89. The molecule has 0 spiro atoms. The molecule has 0 saturated heterocycles. The van der Waals surface area contributed by atoms with Crippen LogP contribution in [-0.2, 0) is 0 Å². The summed E-state index contributed by atoms with van der Waals surface area (Å²) in [6.07, 6.45) is 5.10. The lowest BCUT2D eigenvalue weighted by molar-refractivity contribution is 0.0936. The molecule has 0 bridgehead atoms. The van der Waals surface area contributed by atoms with Crippen LogP contribution in [0.15, 0.2) is 24.3 Å². The van der Waals surface area contributed by atoms with Crippen LogP contribution in [0.1, 0.15) is 43.0 Å². The van der Waals surface area contributed by atoms with Gasteiger partial charge in [0.25, 0.3) is 5.91 Å². The van der Waals surface area contributed by atoms with Gasteiger partial charge in [0.2, 0.25) is 0 Å². The molecule has 1 saturated carbocycles. The number of phenolic OH excluding ortho intramolecular Hbond substituents is 1. The first-order chi connectivity index (χ1) is 8.66. The monoisotopic (exact) mass is 247 g/mol. The highest BCUT2D eigenvalue weighted by atomic mass is 16.3. The minimum absolute atomic E-state index is 0.0484. The predicted molar refractivity (Wildman–Crippen MR) is 71.6 cm³/mol. The van der Waals surface area contributed by atoms with Gasteiger partial charge in [-0.1, -0.05) is 26.2 Å². The normalized spacial score (nSPS) is 23.6. The maximum Gasteiger partial charge on any atom is 0.251 e. The van der Waals surface area contributed by atoms with Gasteiger partial charge >= 0.3 is 0 Å². The van der Waals surface area contributed by atoms with Crippen molar-refractivity contribution < 1.29 is 9.90 Å². The summed E-state index contributed by atoms with van der Waals surface area (Å²) in [4.78, 5) is 11.9. The van der Waals surface area contributed by atoms with E-state index in [1.807, 2.05) is 0 Å². The highest BCUT2D eigenvalue weighted by Gasteiger charge is 2.21. The van der Waals surface area contributed by atoms with Gasteiger partial charge < -0.3 is 10.4 Å². The Morgan fingerprint density at radius 3 is 2.61 bits per heavy atom. The fourth-order valence-electron chi connectivity index (χ4n) is 2.63. The molecule has 98 valence electrons. The molecule has 0 radical (unpaired) electrons. The van der Waals surface area contributed by atoms with Crippen LogP contribution in [0.4, 0.5) is 0 Å². The molecule has 3 nitrogen and oxygen atoms in total. The lowest BCUT2D eigenvalue weighted by atomic mass is 9.80. The van der Waals surface area contributed by atoms with Gasteiger partial charge in [0.15, 0.2) is 0 Å². The van der Waals surface area contributed by atoms with Gasteiger partial charge in [-0.25, -0.2) is 0 Å². The van der Waals surface area contributed by atoms with Crippen LogP contribution in [0.2, 0.25) is 0 Å². The summed E-state index contributed by atoms with van der Waals surface area (Å²) in [5.74, 6) is 1.46. The van der Waals surface area contributed by atoms with E-state index in [9.17, 15) is 9.90 Å². The van der Waals surface area contributed by atoms with E-state index in [4.69, 9.17) is 0 Å². The molecule has 1 aliphatic rings. The first kappa shape index (κ1) is 12.9. The fraction of sp³-hybridized carbons (Fsp3) is 0.533. The van der Waals surface area contributed by atoms with Gasteiger partial charge in [0, 0.05) is 12.1 Å². The average molecular weight is 247 g/mol. The Bertz CT molecular complexity index is 399. The van der Waals surface area contributed by atoms with Crippen molar-refractivity contribution in [3.8, 4) is 5.75 Å². The molecular weight excluding hydrogens is 226 g/mol. The van der Waals surface area contributed by atoms with Crippen LogP contribution in [-0.4, -0.2) is 17.6 Å². The molecule has 2 rings (SSSR count). The van der Waals surface area contributed by atoms with Crippen LogP contribution in [0.5, 0.6) is 5.75 Å². The predicted octanol–water partition coefficient (Wildman–Crippen LogP) is 2.95. The Kier molecular flexibility index (Phi) is 4.24. The molecule has 2 N–H and O–H groups in total. The summed E-state index contributed by atoms with van der Waals surface area (Å²) in [6, 6.07) is 6.38. The maximum absolute atomic E-state index is 11.9. The van der Waals surface area contributed by atoms with Crippen LogP contribution in [0.3, 0.4) is 0 Å². The molecule has 2 unspecified atom stereocenters. The lowest BCUT2D eigenvalue weighted by Crippen LogP contribution is -2.33. The fourth-order valence-corrected chi connectivity index (χ4v) is 2.63. The Morgan fingerprint density at radius 1 is 1.28 bits per heavy atom. The zero-order chi connectivity index (χ0) is 13.0. The Balaban J connectivity index is 1.86. The van der Waals surface area contributed by atoms with E-state index < -0.39 is 0 Å². The molecule has 0 heterocycles. The van der Waals surface area contributed by atoms with Crippen molar-refractivity contribution in [1.29, 1.82) is 0 Å². The third kappa shape index (κ3) is 3.25. The van der Waals surface area contributed by atoms with Gasteiger partial charge in [-0.05, 0) is 42.5 Å². The summed E-state index contributed by atoms with van der Waals surface area (Å²) in [6.45, 7) is 3.04. The molecule has 1 aromatic rings. The standard InChI is InChI=1S/C15H21NO2/c1-11-4-2-3-5-13(11)10-16-15(18)12-6-8-14(17)9-7-12/h6-9,11,13,17H,2-5,10H2,1H3,(H,16,18). The summed E-state index contributed by atoms with van der Waals surface area (Å²) in [7, 11) is 0. The van der Waals surface area contributed by atoms with Crippen molar-refractivity contribution >= 4 is 5.91 Å². The number of carbonyl (C=O) groups excluding carboxylic acids is 1. The largest absolute Gasteiger partial charge is 0.508 e. The number of carbonyl (C=O) groups is 1. The van der Waals surface area contributed by atoms with Crippen molar-refractivity contribution in [3.05, 3.63) is 29.8 Å². The number of benzene rings is 1. The molecule has 0 aromatic heterocycles. The zero-order valence-electron chi connectivity index (χ0n) is 10.9. The van der Waals surface area contributed by atoms with Gasteiger partial charge in [-0.2, -0.15) is 0 Å². The highest BCUT2D eigenvalue weighted by molar-refractivity contribution is 5.94. The molecule has 1 aliphatic carbocycles. The van der Waals surface area contributed by atoms with Gasteiger partial charge in [-0.3, -0.25) is 4.79 Å². The highest BCUT2D eigenvalue weighted by Crippen LogP contribution is 2.28. The summed E-state index contributed by atoms with van der Waals surface area (Å²) in [5.41, 5.74) is 0.608. The number of rotatable bonds is 3. The quantitative estimate of drug-likeness (QED) is 0.862. The van der Waals surface area contributed by atoms with E-state index >= 15 is 0 Å². The molecule has 0 aliphatic heterocycles. The summed E-state index contributed by atoms with van der Waals surface area (Å²) < 4.78 is 0. The number of hydrogen-bond donors (Lipinski definition) is 2. The smallest absolute Gasteiger partial charge is 0.251 e. The van der Waals surface area contributed by atoms with Gasteiger partial charge in [0.05, 0.1) is 0 Å². The number of aromatic hydroxyl groups is 1.